The molecule has 7 heteroatoms. The molecule has 0 saturated carbocycles. The van der Waals surface area contributed by atoms with Crippen LogP contribution in [-0.4, -0.2) is 26.9 Å². The van der Waals surface area contributed by atoms with Crippen LogP contribution in [0, 0.1) is 5.82 Å². The summed E-state index contributed by atoms with van der Waals surface area (Å²) in [5, 5.41) is 10.5. The van der Waals surface area contributed by atoms with E-state index in [-0.39, 0.29) is 17.3 Å². The number of benzene rings is 2. The predicted octanol–water partition coefficient (Wildman–Crippen LogP) is 2.81. The lowest BCUT2D eigenvalue weighted by Crippen LogP contribution is -2.31. The number of hydrogen-bond donors (Lipinski definition) is 2. The smallest absolute Gasteiger partial charge is 0.335 e. The van der Waals surface area contributed by atoms with Crippen LogP contribution in [0.3, 0.4) is 0 Å². The molecule has 2 aromatic carbocycles. The molecule has 0 spiro atoms. The Kier molecular flexibility index (Phi) is 5.84. The Balaban J connectivity index is 1.84. The van der Waals surface area contributed by atoms with E-state index in [0.29, 0.717) is 0 Å². The van der Waals surface area contributed by atoms with Crippen LogP contribution in [0.25, 0.3) is 5.69 Å². The van der Waals surface area contributed by atoms with Crippen LogP contribution < -0.4 is 11.2 Å². The Labute approximate surface area is 160 Å². The fraction of sp³-hybridized carbons (Fsp3) is 0.190. The van der Waals surface area contributed by atoms with Gasteiger partial charge in [-0.2, -0.15) is 0 Å². The zero-order valence-corrected chi connectivity index (χ0v) is 15.3. The molecule has 1 aromatic heterocycles. The molecule has 0 aliphatic heterocycles. The molecule has 1 heterocycles. The first-order valence-electron chi connectivity index (χ1n) is 8.87. The summed E-state index contributed by atoms with van der Waals surface area (Å²) in [4.78, 5) is 30.7. The second-order valence-corrected chi connectivity index (χ2v) is 6.46. The van der Waals surface area contributed by atoms with Gasteiger partial charge in [0, 0.05) is 12.3 Å². The van der Waals surface area contributed by atoms with Gasteiger partial charge in [0.25, 0.3) is 5.56 Å². The van der Waals surface area contributed by atoms with Gasteiger partial charge >= 0.3 is 5.69 Å². The van der Waals surface area contributed by atoms with Gasteiger partial charge < -0.3 is 5.11 Å². The molecular formula is C21H20FN3O3. The first kappa shape index (κ1) is 19.3. The van der Waals surface area contributed by atoms with E-state index in [9.17, 15) is 19.1 Å². The molecule has 0 fully saturated rings. The SMILES string of the molecule is CC(CCc1ccccc1)N=Cc1c(O)n(-c2ccc(F)cc2)c(=O)[nH]c1=O. The molecule has 28 heavy (non-hydrogen) atoms. The molecule has 144 valence electrons. The van der Waals surface area contributed by atoms with Gasteiger partial charge in [-0.15, -0.1) is 0 Å². The number of aromatic amines is 1. The van der Waals surface area contributed by atoms with Crippen molar-refractivity contribution in [3.8, 4) is 11.6 Å². The van der Waals surface area contributed by atoms with Gasteiger partial charge in [0.15, 0.2) is 0 Å². The van der Waals surface area contributed by atoms with Crippen LogP contribution in [0.5, 0.6) is 5.88 Å². The third kappa shape index (κ3) is 4.43. The van der Waals surface area contributed by atoms with Crippen molar-refractivity contribution in [3.05, 3.63) is 92.4 Å². The summed E-state index contributed by atoms with van der Waals surface area (Å²) in [5.41, 5.74) is -0.263. The van der Waals surface area contributed by atoms with Crippen LogP contribution in [0.4, 0.5) is 4.39 Å². The van der Waals surface area contributed by atoms with E-state index in [1.165, 1.54) is 23.9 Å². The van der Waals surface area contributed by atoms with Crippen LogP contribution in [0.2, 0.25) is 0 Å². The average Bonchev–Trinajstić information content (AvgIpc) is 2.68. The highest BCUT2D eigenvalue weighted by Gasteiger charge is 2.14. The van der Waals surface area contributed by atoms with Crippen molar-refractivity contribution in [2.75, 3.05) is 0 Å². The quantitative estimate of drug-likeness (QED) is 0.644. The van der Waals surface area contributed by atoms with Gasteiger partial charge in [0.2, 0.25) is 5.88 Å². The van der Waals surface area contributed by atoms with Crippen molar-refractivity contribution < 1.29 is 9.50 Å². The standard InChI is InChI=1S/C21H20FN3O3/c1-14(7-8-15-5-3-2-4-6-15)23-13-18-19(26)24-21(28)25(20(18)27)17-11-9-16(22)10-12-17/h2-6,9-14,27H,7-8H2,1H3,(H,24,26,28). The van der Waals surface area contributed by atoms with Gasteiger partial charge in [0.1, 0.15) is 11.4 Å². The molecular weight excluding hydrogens is 361 g/mol. The number of halogens is 1. The van der Waals surface area contributed by atoms with Gasteiger partial charge in [-0.3, -0.25) is 14.8 Å². The molecule has 0 radical (unpaired) electrons. The maximum atomic E-state index is 13.1. The molecule has 6 nitrogen and oxygen atoms in total. The van der Waals surface area contributed by atoms with E-state index >= 15 is 0 Å². The van der Waals surface area contributed by atoms with Gasteiger partial charge in [0.05, 0.1) is 5.69 Å². The van der Waals surface area contributed by atoms with Gasteiger partial charge in [-0.25, -0.2) is 13.8 Å². The minimum Gasteiger partial charge on any atom is -0.493 e. The zero-order chi connectivity index (χ0) is 20.1. The summed E-state index contributed by atoms with van der Waals surface area (Å²) in [5.74, 6) is -1.02. The minimum atomic E-state index is -0.816. The summed E-state index contributed by atoms with van der Waals surface area (Å²) < 4.78 is 14.0. The van der Waals surface area contributed by atoms with Crippen LogP contribution >= 0.6 is 0 Å². The van der Waals surface area contributed by atoms with E-state index in [1.54, 1.807) is 0 Å². The average molecular weight is 381 g/mol. The van der Waals surface area contributed by atoms with E-state index in [2.05, 4.69) is 9.98 Å². The molecule has 0 amide bonds. The first-order valence-corrected chi connectivity index (χ1v) is 8.87. The topological polar surface area (TPSA) is 87.4 Å². The van der Waals surface area contributed by atoms with E-state index < -0.39 is 22.9 Å². The highest BCUT2D eigenvalue weighted by atomic mass is 19.1. The second kappa shape index (κ2) is 8.47. The van der Waals surface area contributed by atoms with E-state index in [1.807, 2.05) is 37.3 Å². The van der Waals surface area contributed by atoms with Crippen molar-refractivity contribution in [2.24, 2.45) is 4.99 Å². The molecule has 3 rings (SSSR count). The third-order valence-electron chi connectivity index (χ3n) is 4.36. The summed E-state index contributed by atoms with van der Waals surface area (Å²) in [6, 6.07) is 14.9. The number of aryl methyl sites for hydroxylation is 1. The fourth-order valence-corrected chi connectivity index (χ4v) is 2.78. The second-order valence-electron chi connectivity index (χ2n) is 6.46. The maximum absolute atomic E-state index is 13.1. The summed E-state index contributed by atoms with van der Waals surface area (Å²) in [7, 11) is 0. The van der Waals surface area contributed by atoms with Crippen molar-refractivity contribution in [1.29, 1.82) is 0 Å². The largest absolute Gasteiger partial charge is 0.493 e. The number of rotatable bonds is 6. The molecule has 0 aliphatic carbocycles. The van der Waals surface area contributed by atoms with Gasteiger partial charge in [-0.05, 0) is 49.6 Å². The Morgan fingerprint density at radius 1 is 1.14 bits per heavy atom. The number of H-pyrrole nitrogens is 1. The number of aromatic hydroxyl groups is 1. The van der Waals surface area contributed by atoms with E-state index in [0.717, 1.165) is 29.5 Å². The van der Waals surface area contributed by atoms with Crippen molar-refractivity contribution in [3.63, 3.8) is 0 Å². The number of hydrogen-bond acceptors (Lipinski definition) is 4. The Hall–Kier alpha value is -3.48. The lowest BCUT2D eigenvalue weighted by molar-refractivity contribution is 0.430. The maximum Gasteiger partial charge on any atom is 0.335 e. The molecule has 0 aliphatic rings. The summed E-state index contributed by atoms with van der Waals surface area (Å²) in [6.07, 6.45) is 2.86. The third-order valence-corrected chi connectivity index (χ3v) is 4.36. The molecule has 3 aromatic rings. The number of nitrogens with zero attached hydrogens (tertiary/aromatic N) is 2. The monoisotopic (exact) mass is 381 g/mol. The van der Waals surface area contributed by atoms with Crippen molar-refractivity contribution in [1.82, 2.24) is 9.55 Å². The lowest BCUT2D eigenvalue weighted by Gasteiger charge is -2.10. The molecule has 0 saturated heterocycles. The summed E-state index contributed by atoms with van der Waals surface area (Å²) in [6.45, 7) is 1.90. The first-order chi connectivity index (χ1) is 13.5. The van der Waals surface area contributed by atoms with Gasteiger partial charge in [-0.1, -0.05) is 30.3 Å². The predicted molar refractivity (Wildman–Crippen MR) is 106 cm³/mol. The van der Waals surface area contributed by atoms with Crippen LogP contribution in [0.15, 0.2) is 69.2 Å². The summed E-state index contributed by atoms with van der Waals surface area (Å²) >= 11 is 0. The molecule has 1 atom stereocenters. The Morgan fingerprint density at radius 2 is 1.82 bits per heavy atom. The van der Waals surface area contributed by atoms with Crippen LogP contribution in [-0.2, 0) is 6.42 Å². The minimum absolute atomic E-state index is 0.0924. The highest BCUT2D eigenvalue weighted by Crippen LogP contribution is 2.16. The number of aromatic nitrogens is 2. The van der Waals surface area contributed by atoms with E-state index in [4.69, 9.17) is 0 Å². The van der Waals surface area contributed by atoms with Crippen LogP contribution in [0.1, 0.15) is 24.5 Å². The zero-order valence-electron chi connectivity index (χ0n) is 15.3. The highest BCUT2D eigenvalue weighted by molar-refractivity contribution is 5.82. The molecule has 1 unspecified atom stereocenters. The Morgan fingerprint density at radius 3 is 2.50 bits per heavy atom. The Bertz CT molecular complexity index is 1090. The fourth-order valence-electron chi connectivity index (χ4n) is 2.78. The lowest BCUT2D eigenvalue weighted by atomic mass is 10.1. The number of aliphatic imine (C=N–C) groups is 1. The van der Waals surface area contributed by atoms with Crippen molar-refractivity contribution in [2.45, 2.75) is 25.8 Å². The molecule has 0 bridgehead atoms. The normalized spacial score (nSPS) is 12.4. The molecule has 2 N–H and O–H groups in total. The number of nitrogens with one attached hydrogen (secondary N) is 1. The van der Waals surface area contributed by atoms with Crippen molar-refractivity contribution >= 4 is 6.21 Å².